The van der Waals surface area contributed by atoms with Crippen molar-refractivity contribution < 1.29 is 29.0 Å². The molecule has 0 radical (unpaired) electrons. The van der Waals surface area contributed by atoms with Gasteiger partial charge in [0, 0.05) is 25.6 Å². The van der Waals surface area contributed by atoms with Gasteiger partial charge in [-0.25, -0.2) is 9.59 Å². The molecule has 0 bridgehead atoms. The second kappa shape index (κ2) is 12.0. The van der Waals surface area contributed by atoms with Gasteiger partial charge in [-0.05, 0) is 36.6 Å². The number of benzene rings is 2. The van der Waals surface area contributed by atoms with Crippen LogP contribution in [0.15, 0.2) is 66.9 Å². The molecule has 1 aliphatic rings. The molecule has 2 aromatic carbocycles. The van der Waals surface area contributed by atoms with Gasteiger partial charge in [-0.15, -0.1) is 0 Å². The second-order valence-corrected chi connectivity index (χ2v) is 9.11. The highest BCUT2D eigenvalue weighted by molar-refractivity contribution is 5.96. The molecule has 2 amide bonds. The number of aromatic nitrogens is 2. The molecule has 0 saturated carbocycles. The number of hydrogen-bond donors (Lipinski definition) is 2. The third kappa shape index (κ3) is 5.92. The molecule has 0 unspecified atom stereocenters. The number of carbonyl (C=O) groups excluding carboxylic acids is 3. The van der Waals surface area contributed by atoms with E-state index in [-0.39, 0.29) is 18.7 Å². The topological polar surface area (TPSA) is 123 Å². The number of esters is 1. The lowest BCUT2D eigenvalue weighted by Gasteiger charge is -2.30. The smallest absolute Gasteiger partial charge is 0.345 e. The average molecular weight is 521 g/mol. The zero-order valence-electron chi connectivity index (χ0n) is 21.5. The van der Waals surface area contributed by atoms with Crippen molar-refractivity contribution in [3.05, 3.63) is 78.1 Å². The number of aliphatic hydroxyl groups is 1. The standard InChI is InChI=1S/C28H32N4O6/c1-3-38-26(34)28(36,23-11-9-22(10-12-23)21-7-5-4-6-8-21)19-20(2)30-25(33)24-13-14-29-32(24)27(35)31-15-17-37-18-16-31/h4-14,20,36H,3,15-19H2,1-2H3,(H,30,33)/t20-,28+/m1/s1. The Labute approximate surface area is 221 Å². The van der Waals surface area contributed by atoms with Gasteiger partial charge in [0.2, 0.25) is 0 Å². The largest absolute Gasteiger partial charge is 0.464 e. The van der Waals surface area contributed by atoms with E-state index in [9.17, 15) is 19.5 Å². The minimum atomic E-state index is -2.00. The maximum absolute atomic E-state index is 13.1. The minimum Gasteiger partial charge on any atom is -0.464 e. The van der Waals surface area contributed by atoms with E-state index < -0.39 is 29.6 Å². The fourth-order valence-corrected chi connectivity index (χ4v) is 4.45. The molecule has 38 heavy (non-hydrogen) atoms. The van der Waals surface area contributed by atoms with Crippen molar-refractivity contribution in [1.82, 2.24) is 20.0 Å². The maximum atomic E-state index is 13.1. The first kappa shape index (κ1) is 27.0. The molecule has 2 atom stereocenters. The lowest BCUT2D eigenvalue weighted by Crippen LogP contribution is -2.46. The number of hydrogen-bond acceptors (Lipinski definition) is 7. The van der Waals surface area contributed by atoms with Crippen LogP contribution in [0, 0.1) is 0 Å². The fourth-order valence-electron chi connectivity index (χ4n) is 4.45. The summed E-state index contributed by atoms with van der Waals surface area (Å²) in [5.74, 6) is -1.36. The van der Waals surface area contributed by atoms with Crippen molar-refractivity contribution in [2.45, 2.75) is 31.9 Å². The molecule has 0 aliphatic carbocycles. The van der Waals surface area contributed by atoms with Gasteiger partial charge in [0.15, 0.2) is 5.60 Å². The highest BCUT2D eigenvalue weighted by atomic mass is 16.5. The molecule has 1 fully saturated rings. The summed E-state index contributed by atoms with van der Waals surface area (Å²) in [6.45, 7) is 5.08. The number of carbonyl (C=O) groups is 3. The Morgan fingerprint density at radius 3 is 2.37 bits per heavy atom. The van der Waals surface area contributed by atoms with Crippen LogP contribution in [0.4, 0.5) is 4.79 Å². The summed E-state index contributed by atoms with van der Waals surface area (Å²) >= 11 is 0. The Balaban J connectivity index is 1.50. The van der Waals surface area contributed by atoms with Crippen LogP contribution in [0.5, 0.6) is 0 Å². The molecule has 4 rings (SSSR count). The second-order valence-electron chi connectivity index (χ2n) is 9.11. The molecule has 2 heterocycles. The van der Waals surface area contributed by atoms with Gasteiger partial charge < -0.3 is 24.8 Å². The number of amides is 2. The number of nitrogens with one attached hydrogen (secondary N) is 1. The van der Waals surface area contributed by atoms with Gasteiger partial charge in [-0.3, -0.25) is 4.79 Å². The molecule has 3 aromatic rings. The molecule has 10 heteroatoms. The zero-order chi connectivity index (χ0) is 27.1. The number of rotatable bonds is 8. The van der Waals surface area contributed by atoms with E-state index in [2.05, 4.69) is 10.4 Å². The Bertz CT molecular complexity index is 1250. The lowest BCUT2D eigenvalue weighted by atomic mass is 9.86. The summed E-state index contributed by atoms with van der Waals surface area (Å²) in [6, 6.07) is 17.1. The molecule has 10 nitrogen and oxygen atoms in total. The summed E-state index contributed by atoms with van der Waals surface area (Å²) in [5.41, 5.74) is 0.342. The molecular formula is C28H32N4O6. The van der Waals surface area contributed by atoms with Gasteiger partial charge in [0.25, 0.3) is 5.91 Å². The van der Waals surface area contributed by atoms with Crippen LogP contribution in [-0.4, -0.2) is 76.6 Å². The van der Waals surface area contributed by atoms with Crippen LogP contribution >= 0.6 is 0 Å². The maximum Gasteiger partial charge on any atom is 0.345 e. The first-order valence-electron chi connectivity index (χ1n) is 12.6. The van der Waals surface area contributed by atoms with Gasteiger partial charge in [-0.2, -0.15) is 9.78 Å². The van der Waals surface area contributed by atoms with Crippen molar-refractivity contribution in [2.75, 3.05) is 32.9 Å². The van der Waals surface area contributed by atoms with Crippen LogP contribution in [0.3, 0.4) is 0 Å². The van der Waals surface area contributed by atoms with Crippen molar-refractivity contribution in [3.63, 3.8) is 0 Å². The SMILES string of the molecule is CCOC(=O)[C@](O)(C[C@@H](C)NC(=O)c1ccnn1C(=O)N1CCOCC1)c1ccc(-c2ccccc2)cc1. The quantitative estimate of drug-likeness (QED) is 0.438. The molecule has 1 saturated heterocycles. The van der Waals surface area contributed by atoms with E-state index in [0.717, 1.165) is 15.8 Å². The van der Waals surface area contributed by atoms with E-state index in [1.165, 1.54) is 12.3 Å². The first-order chi connectivity index (χ1) is 18.3. The molecular weight excluding hydrogens is 488 g/mol. The van der Waals surface area contributed by atoms with Crippen LogP contribution in [0.2, 0.25) is 0 Å². The van der Waals surface area contributed by atoms with Crippen LogP contribution in [0.25, 0.3) is 11.1 Å². The van der Waals surface area contributed by atoms with Crippen molar-refractivity contribution in [1.29, 1.82) is 0 Å². The Morgan fingerprint density at radius 1 is 1.05 bits per heavy atom. The summed E-state index contributed by atoms with van der Waals surface area (Å²) in [7, 11) is 0. The lowest BCUT2D eigenvalue weighted by molar-refractivity contribution is -0.167. The van der Waals surface area contributed by atoms with Crippen LogP contribution in [-0.2, 0) is 19.9 Å². The van der Waals surface area contributed by atoms with E-state index in [1.807, 2.05) is 42.5 Å². The molecule has 1 aliphatic heterocycles. The van der Waals surface area contributed by atoms with Gasteiger partial charge in [0.1, 0.15) is 5.69 Å². The van der Waals surface area contributed by atoms with Gasteiger partial charge in [0.05, 0.1) is 26.0 Å². The van der Waals surface area contributed by atoms with Gasteiger partial charge in [-0.1, -0.05) is 54.6 Å². The van der Waals surface area contributed by atoms with E-state index >= 15 is 0 Å². The summed E-state index contributed by atoms with van der Waals surface area (Å²) in [5, 5.41) is 18.4. The van der Waals surface area contributed by atoms with E-state index in [0.29, 0.717) is 31.9 Å². The molecule has 1 aromatic heterocycles. The molecule has 0 spiro atoms. The fraction of sp³-hybridized carbons (Fsp3) is 0.357. The highest BCUT2D eigenvalue weighted by Gasteiger charge is 2.41. The van der Waals surface area contributed by atoms with Crippen molar-refractivity contribution in [2.24, 2.45) is 0 Å². The Morgan fingerprint density at radius 2 is 1.71 bits per heavy atom. The van der Waals surface area contributed by atoms with Crippen LogP contribution in [0.1, 0.15) is 36.3 Å². The predicted octanol–water partition coefficient (Wildman–Crippen LogP) is 2.81. The minimum absolute atomic E-state index is 0.0558. The van der Waals surface area contributed by atoms with Crippen molar-refractivity contribution in [3.8, 4) is 11.1 Å². The number of ether oxygens (including phenoxy) is 2. The van der Waals surface area contributed by atoms with Gasteiger partial charge >= 0.3 is 12.0 Å². The van der Waals surface area contributed by atoms with E-state index in [4.69, 9.17) is 9.47 Å². The predicted molar refractivity (Wildman–Crippen MR) is 139 cm³/mol. The highest BCUT2D eigenvalue weighted by Crippen LogP contribution is 2.31. The van der Waals surface area contributed by atoms with Crippen LogP contribution < -0.4 is 5.32 Å². The summed E-state index contributed by atoms with van der Waals surface area (Å²) in [4.78, 5) is 40.4. The Kier molecular flexibility index (Phi) is 8.55. The summed E-state index contributed by atoms with van der Waals surface area (Å²) < 4.78 is 11.5. The molecule has 2 N–H and O–H groups in total. The first-order valence-corrected chi connectivity index (χ1v) is 12.6. The zero-order valence-corrected chi connectivity index (χ0v) is 21.5. The van der Waals surface area contributed by atoms with Crippen molar-refractivity contribution >= 4 is 17.9 Å². The molecule has 200 valence electrons. The third-order valence-corrected chi connectivity index (χ3v) is 6.40. The normalized spacial score (nSPS) is 15.8. The number of morpholine rings is 1. The Hall–Kier alpha value is -4.02. The summed E-state index contributed by atoms with van der Waals surface area (Å²) in [6.07, 6.45) is 1.23. The van der Waals surface area contributed by atoms with E-state index in [1.54, 1.807) is 30.9 Å². The third-order valence-electron chi connectivity index (χ3n) is 6.40. The average Bonchev–Trinajstić information content (AvgIpc) is 3.44. The number of nitrogens with zero attached hydrogens (tertiary/aromatic N) is 3. The monoisotopic (exact) mass is 520 g/mol.